The molecule has 0 atom stereocenters. The molecule has 0 radical (unpaired) electrons. The molecule has 0 aliphatic heterocycles. The van der Waals surface area contributed by atoms with Gasteiger partial charge >= 0.3 is 0 Å². The van der Waals surface area contributed by atoms with Gasteiger partial charge in [0.15, 0.2) is 0 Å². The molecule has 0 aromatic heterocycles. The van der Waals surface area contributed by atoms with Crippen LogP contribution in [0.25, 0.3) is 0 Å². The van der Waals surface area contributed by atoms with Crippen molar-refractivity contribution in [3.63, 3.8) is 0 Å². The van der Waals surface area contributed by atoms with Crippen molar-refractivity contribution < 1.29 is 13.2 Å². The molecular weight excluding hydrogens is 336 g/mol. The quantitative estimate of drug-likeness (QED) is 0.861. The minimum Gasteiger partial charge on any atom is -0.351 e. The number of sulfonamides is 1. The fourth-order valence-corrected chi connectivity index (χ4v) is 3.29. The van der Waals surface area contributed by atoms with Crippen LogP contribution in [0.1, 0.15) is 29.8 Å². The Morgan fingerprint density at radius 3 is 2.08 bits per heavy atom. The van der Waals surface area contributed by atoms with Crippen molar-refractivity contribution >= 4 is 15.9 Å². The molecule has 1 N–H and O–H groups in total. The second-order valence-electron chi connectivity index (χ2n) is 6.74. The molecule has 0 saturated heterocycles. The van der Waals surface area contributed by atoms with Gasteiger partial charge in [-0.1, -0.05) is 44.2 Å². The summed E-state index contributed by atoms with van der Waals surface area (Å²) in [5, 5.41) is 2.92. The average Bonchev–Trinajstić information content (AvgIpc) is 2.60. The van der Waals surface area contributed by atoms with Crippen LogP contribution in [-0.2, 0) is 15.4 Å². The first-order valence-electron chi connectivity index (χ1n) is 8.01. The molecule has 5 nitrogen and oxygen atoms in total. The number of nitrogens with zero attached hydrogens (tertiary/aromatic N) is 1. The van der Waals surface area contributed by atoms with E-state index in [1.807, 2.05) is 30.3 Å². The van der Waals surface area contributed by atoms with E-state index in [0.717, 1.165) is 9.87 Å². The Kier molecular flexibility index (Phi) is 5.65. The summed E-state index contributed by atoms with van der Waals surface area (Å²) in [5.74, 6) is -0.224. The minimum absolute atomic E-state index is 0.165. The monoisotopic (exact) mass is 360 g/mol. The number of hydrogen-bond donors (Lipinski definition) is 1. The molecule has 2 rings (SSSR count). The van der Waals surface area contributed by atoms with Crippen LogP contribution in [-0.4, -0.2) is 39.3 Å². The van der Waals surface area contributed by atoms with Gasteiger partial charge in [-0.15, -0.1) is 0 Å². The summed E-state index contributed by atoms with van der Waals surface area (Å²) in [7, 11) is -0.542. The Bertz CT molecular complexity index is 827. The summed E-state index contributed by atoms with van der Waals surface area (Å²) in [6.07, 6.45) is 0. The Morgan fingerprint density at radius 1 is 1.00 bits per heavy atom. The molecule has 0 heterocycles. The van der Waals surface area contributed by atoms with Crippen molar-refractivity contribution in [2.45, 2.75) is 24.2 Å². The standard InChI is InChI=1S/C19H24N2O3S/c1-19(2,16-8-6-5-7-9-16)14-20-18(22)15-10-12-17(13-11-15)25(23,24)21(3)4/h5-13H,14H2,1-4H3,(H,20,22). The lowest BCUT2D eigenvalue weighted by Crippen LogP contribution is -2.36. The second kappa shape index (κ2) is 7.37. The highest BCUT2D eigenvalue weighted by Crippen LogP contribution is 2.22. The zero-order valence-electron chi connectivity index (χ0n) is 15.0. The SMILES string of the molecule is CN(C)S(=O)(=O)c1ccc(C(=O)NCC(C)(C)c2ccccc2)cc1. The largest absolute Gasteiger partial charge is 0.351 e. The lowest BCUT2D eigenvalue weighted by molar-refractivity contribution is 0.0945. The highest BCUT2D eigenvalue weighted by molar-refractivity contribution is 7.89. The highest BCUT2D eigenvalue weighted by Gasteiger charge is 2.22. The Balaban J connectivity index is 2.07. The van der Waals surface area contributed by atoms with Crippen LogP contribution in [0.4, 0.5) is 0 Å². The van der Waals surface area contributed by atoms with E-state index < -0.39 is 10.0 Å². The molecule has 0 fully saturated rings. The molecule has 1 amide bonds. The lowest BCUT2D eigenvalue weighted by Gasteiger charge is -2.25. The van der Waals surface area contributed by atoms with Gasteiger partial charge in [-0.25, -0.2) is 12.7 Å². The summed E-state index contributed by atoms with van der Waals surface area (Å²) in [6.45, 7) is 4.61. The predicted molar refractivity (Wildman–Crippen MR) is 99.1 cm³/mol. The summed E-state index contributed by atoms with van der Waals surface area (Å²) in [4.78, 5) is 12.5. The highest BCUT2D eigenvalue weighted by atomic mass is 32.2. The first kappa shape index (κ1) is 19.1. The van der Waals surface area contributed by atoms with Gasteiger partial charge in [-0.3, -0.25) is 4.79 Å². The predicted octanol–water partition coefficient (Wildman–Crippen LogP) is 2.64. The molecule has 25 heavy (non-hydrogen) atoms. The minimum atomic E-state index is -3.49. The van der Waals surface area contributed by atoms with E-state index >= 15 is 0 Å². The molecule has 2 aromatic carbocycles. The maximum Gasteiger partial charge on any atom is 0.251 e. The summed E-state index contributed by atoms with van der Waals surface area (Å²) < 4.78 is 25.2. The third kappa shape index (κ3) is 4.46. The zero-order chi connectivity index (χ0) is 18.7. The molecule has 0 saturated carbocycles. The number of carbonyl (C=O) groups is 1. The third-order valence-electron chi connectivity index (χ3n) is 4.14. The lowest BCUT2D eigenvalue weighted by atomic mass is 9.84. The van der Waals surface area contributed by atoms with E-state index in [9.17, 15) is 13.2 Å². The average molecular weight is 360 g/mol. The van der Waals surface area contributed by atoms with E-state index in [0.29, 0.717) is 12.1 Å². The summed E-state index contributed by atoms with van der Waals surface area (Å²) in [5.41, 5.74) is 1.37. The zero-order valence-corrected chi connectivity index (χ0v) is 15.8. The molecule has 0 aliphatic carbocycles. The molecule has 0 bridgehead atoms. The fraction of sp³-hybridized carbons (Fsp3) is 0.316. The number of carbonyl (C=O) groups excluding carboxylic acids is 1. The van der Waals surface area contributed by atoms with Crippen molar-refractivity contribution in [1.29, 1.82) is 0 Å². The van der Waals surface area contributed by atoms with Crippen molar-refractivity contribution in [1.82, 2.24) is 9.62 Å². The van der Waals surface area contributed by atoms with Gasteiger partial charge in [0.25, 0.3) is 5.91 Å². The van der Waals surface area contributed by atoms with Crippen LogP contribution >= 0.6 is 0 Å². The first-order valence-corrected chi connectivity index (χ1v) is 9.45. The summed E-state index contributed by atoms with van der Waals surface area (Å²) in [6, 6.07) is 15.9. The molecule has 0 aliphatic rings. The van der Waals surface area contributed by atoms with Gasteiger partial charge in [0.2, 0.25) is 10.0 Å². The van der Waals surface area contributed by atoms with Gasteiger partial charge in [0, 0.05) is 31.6 Å². The maximum atomic E-state index is 12.3. The van der Waals surface area contributed by atoms with Gasteiger partial charge in [0.1, 0.15) is 0 Å². The number of rotatable bonds is 6. The van der Waals surface area contributed by atoms with Crippen LogP contribution in [0.15, 0.2) is 59.5 Å². The van der Waals surface area contributed by atoms with Crippen LogP contribution in [0.2, 0.25) is 0 Å². The molecule has 6 heteroatoms. The second-order valence-corrected chi connectivity index (χ2v) is 8.90. The number of benzene rings is 2. The van der Waals surface area contributed by atoms with Crippen LogP contribution in [0.3, 0.4) is 0 Å². The van der Waals surface area contributed by atoms with Gasteiger partial charge in [-0.05, 0) is 29.8 Å². The molecule has 2 aromatic rings. The van der Waals surface area contributed by atoms with Gasteiger partial charge in [-0.2, -0.15) is 0 Å². The van der Waals surface area contributed by atoms with Gasteiger partial charge in [0.05, 0.1) is 4.90 Å². The number of hydrogen-bond acceptors (Lipinski definition) is 3. The van der Waals surface area contributed by atoms with E-state index in [2.05, 4.69) is 19.2 Å². The molecule has 0 spiro atoms. The Morgan fingerprint density at radius 2 is 1.56 bits per heavy atom. The van der Waals surface area contributed by atoms with Crippen LogP contribution in [0.5, 0.6) is 0 Å². The summed E-state index contributed by atoms with van der Waals surface area (Å²) >= 11 is 0. The maximum absolute atomic E-state index is 12.3. The normalized spacial score (nSPS) is 12.2. The van der Waals surface area contributed by atoms with Crippen molar-refractivity contribution in [2.75, 3.05) is 20.6 Å². The van der Waals surface area contributed by atoms with Crippen LogP contribution in [0, 0.1) is 0 Å². The van der Waals surface area contributed by atoms with Crippen molar-refractivity contribution in [3.05, 3.63) is 65.7 Å². The Hall–Kier alpha value is -2.18. The van der Waals surface area contributed by atoms with Crippen LogP contribution < -0.4 is 5.32 Å². The molecule has 0 unspecified atom stereocenters. The molecule has 134 valence electrons. The van der Waals surface area contributed by atoms with E-state index in [1.165, 1.54) is 38.4 Å². The number of nitrogens with one attached hydrogen (secondary N) is 1. The van der Waals surface area contributed by atoms with Gasteiger partial charge < -0.3 is 5.32 Å². The first-order chi connectivity index (χ1) is 11.6. The van der Waals surface area contributed by atoms with E-state index in [1.54, 1.807) is 0 Å². The number of amides is 1. The Labute approximate surface area is 149 Å². The smallest absolute Gasteiger partial charge is 0.251 e. The fourth-order valence-electron chi connectivity index (χ4n) is 2.38. The van der Waals surface area contributed by atoms with Crippen molar-refractivity contribution in [3.8, 4) is 0 Å². The topological polar surface area (TPSA) is 66.5 Å². The molecular formula is C19H24N2O3S. The van der Waals surface area contributed by atoms with E-state index in [4.69, 9.17) is 0 Å². The third-order valence-corrected chi connectivity index (χ3v) is 5.97. The van der Waals surface area contributed by atoms with E-state index in [-0.39, 0.29) is 16.2 Å². The van der Waals surface area contributed by atoms with Crippen molar-refractivity contribution in [2.24, 2.45) is 0 Å².